The maximum atomic E-state index is 12.2. The van der Waals surface area contributed by atoms with Gasteiger partial charge in [-0.15, -0.1) is 0 Å². The summed E-state index contributed by atoms with van der Waals surface area (Å²) in [4.78, 5) is 24.4. The first-order valence-corrected chi connectivity index (χ1v) is 8.96. The van der Waals surface area contributed by atoms with Gasteiger partial charge in [-0.05, 0) is 62.0 Å². The van der Waals surface area contributed by atoms with Gasteiger partial charge >= 0.3 is 0 Å². The molecule has 0 saturated carbocycles. The molecule has 0 saturated heterocycles. The molecule has 0 heterocycles. The van der Waals surface area contributed by atoms with Crippen LogP contribution in [-0.2, 0) is 0 Å². The Balaban J connectivity index is 1.99. The molecule has 0 aliphatic rings. The van der Waals surface area contributed by atoms with Gasteiger partial charge in [0.05, 0.1) is 0 Å². The van der Waals surface area contributed by atoms with Crippen molar-refractivity contribution in [2.75, 3.05) is 5.32 Å². The summed E-state index contributed by atoms with van der Waals surface area (Å²) in [6.45, 7) is 3.95. The van der Waals surface area contributed by atoms with Crippen LogP contribution >= 0.6 is 23.8 Å². The lowest BCUT2D eigenvalue weighted by Crippen LogP contribution is -2.34. The average Bonchev–Trinajstić information content (AvgIpc) is 2.61. The molecule has 2 rings (SSSR count). The number of carbonyl (C=O) groups is 2. The van der Waals surface area contributed by atoms with Crippen LogP contribution in [0.1, 0.15) is 41.0 Å². The first-order valence-electron chi connectivity index (χ1n) is 8.18. The molecule has 3 N–H and O–H groups in total. The van der Waals surface area contributed by atoms with Crippen molar-refractivity contribution in [2.45, 2.75) is 26.3 Å². The number of anilines is 1. The van der Waals surface area contributed by atoms with Crippen LogP contribution in [0.25, 0.3) is 0 Å². The van der Waals surface area contributed by atoms with Crippen molar-refractivity contribution in [1.82, 2.24) is 10.6 Å². The van der Waals surface area contributed by atoms with E-state index in [-0.39, 0.29) is 23.0 Å². The highest BCUT2D eigenvalue weighted by Crippen LogP contribution is 2.12. The monoisotopic (exact) mass is 389 g/mol. The van der Waals surface area contributed by atoms with Crippen molar-refractivity contribution in [3.8, 4) is 0 Å². The lowest BCUT2D eigenvalue weighted by Gasteiger charge is -2.13. The third-order valence-corrected chi connectivity index (χ3v) is 4.13. The van der Waals surface area contributed by atoms with Crippen LogP contribution in [0.5, 0.6) is 0 Å². The van der Waals surface area contributed by atoms with Gasteiger partial charge in [-0.1, -0.05) is 30.7 Å². The lowest BCUT2D eigenvalue weighted by molar-refractivity contribution is 0.0937. The zero-order chi connectivity index (χ0) is 19.1. The summed E-state index contributed by atoms with van der Waals surface area (Å²) in [6.07, 6.45) is 0.850. The summed E-state index contributed by atoms with van der Waals surface area (Å²) < 4.78 is 0. The van der Waals surface area contributed by atoms with Crippen LogP contribution in [0.3, 0.4) is 0 Å². The van der Waals surface area contributed by atoms with E-state index in [0.29, 0.717) is 21.8 Å². The Morgan fingerprint density at radius 1 is 1.08 bits per heavy atom. The summed E-state index contributed by atoms with van der Waals surface area (Å²) in [7, 11) is 0. The maximum absolute atomic E-state index is 12.2. The summed E-state index contributed by atoms with van der Waals surface area (Å²) >= 11 is 11.0. The van der Waals surface area contributed by atoms with Crippen LogP contribution in [0, 0.1) is 0 Å². The van der Waals surface area contributed by atoms with Gasteiger partial charge in [-0.25, -0.2) is 0 Å². The highest BCUT2D eigenvalue weighted by atomic mass is 35.5. The second-order valence-electron chi connectivity index (χ2n) is 5.78. The molecule has 0 radical (unpaired) electrons. The van der Waals surface area contributed by atoms with E-state index in [9.17, 15) is 9.59 Å². The Kier molecular flexibility index (Phi) is 7.12. The van der Waals surface area contributed by atoms with E-state index in [2.05, 4.69) is 16.0 Å². The number of hydrogen-bond acceptors (Lipinski definition) is 3. The fourth-order valence-corrected chi connectivity index (χ4v) is 2.52. The number of halogens is 1. The third kappa shape index (κ3) is 5.82. The van der Waals surface area contributed by atoms with Gasteiger partial charge in [0.25, 0.3) is 11.8 Å². The number of carbonyl (C=O) groups excluding carboxylic acids is 2. The smallest absolute Gasteiger partial charge is 0.257 e. The van der Waals surface area contributed by atoms with Crippen molar-refractivity contribution < 1.29 is 9.59 Å². The molecule has 5 nitrogen and oxygen atoms in total. The molecule has 26 heavy (non-hydrogen) atoms. The van der Waals surface area contributed by atoms with Crippen molar-refractivity contribution in [2.24, 2.45) is 0 Å². The summed E-state index contributed by atoms with van der Waals surface area (Å²) in [6, 6.07) is 13.6. The van der Waals surface area contributed by atoms with Gasteiger partial charge in [-0.3, -0.25) is 14.9 Å². The van der Waals surface area contributed by atoms with Crippen molar-refractivity contribution in [1.29, 1.82) is 0 Å². The van der Waals surface area contributed by atoms with E-state index in [0.717, 1.165) is 6.42 Å². The topological polar surface area (TPSA) is 70.2 Å². The van der Waals surface area contributed by atoms with Gasteiger partial charge in [0.15, 0.2) is 5.11 Å². The standard InChI is InChI=1S/C19H20ClN3O2S/c1-3-12(2)21-17(24)14-7-5-9-16(11-14)22-19(26)23-18(25)13-6-4-8-15(20)10-13/h4-12H,3H2,1-2H3,(H,21,24)(H2,22,23,25,26). The molecule has 2 amide bonds. The number of amides is 2. The highest BCUT2D eigenvalue weighted by Gasteiger charge is 2.11. The quantitative estimate of drug-likeness (QED) is 0.676. The Hall–Kier alpha value is -2.44. The van der Waals surface area contributed by atoms with Crippen molar-refractivity contribution in [3.63, 3.8) is 0 Å². The fourth-order valence-electron chi connectivity index (χ4n) is 2.11. The number of hydrogen-bond donors (Lipinski definition) is 3. The van der Waals surface area contributed by atoms with E-state index in [1.807, 2.05) is 13.8 Å². The first kappa shape index (κ1) is 19.9. The summed E-state index contributed by atoms with van der Waals surface area (Å²) in [5.41, 5.74) is 1.53. The number of rotatable bonds is 5. The molecule has 2 aromatic rings. The zero-order valence-electron chi connectivity index (χ0n) is 14.5. The molecule has 1 unspecified atom stereocenters. The van der Waals surface area contributed by atoms with Gasteiger partial charge in [0.2, 0.25) is 0 Å². The van der Waals surface area contributed by atoms with Gasteiger partial charge < -0.3 is 10.6 Å². The molecule has 0 fully saturated rings. The molecule has 0 bridgehead atoms. The minimum absolute atomic E-state index is 0.0946. The van der Waals surface area contributed by atoms with Crippen molar-refractivity contribution >= 4 is 46.4 Å². The molecule has 0 aromatic heterocycles. The third-order valence-electron chi connectivity index (χ3n) is 3.69. The van der Waals surface area contributed by atoms with Gasteiger partial charge in [0.1, 0.15) is 0 Å². The molecule has 1 atom stereocenters. The highest BCUT2D eigenvalue weighted by molar-refractivity contribution is 7.80. The maximum Gasteiger partial charge on any atom is 0.257 e. The lowest BCUT2D eigenvalue weighted by atomic mass is 10.1. The van der Waals surface area contributed by atoms with Crippen LogP contribution in [0.15, 0.2) is 48.5 Å². The fraction of sp³-hybridized carbons (Fsp3) is 0.211. The molecule has 0 aliphatic heterocycles. The van der Waals surface area contributed by atoms with Crippen LogP contribution < -0.4 is 16.0 Å². The van der Waals surface area contributed by atoms with Crippen LogP contribution in [0.4, 0.5) is 5.69 Å². The normalized spacial score (nSPS) is 11.3. The molecule has 2 aromatic carbocycles. The minimum Gasteiger partial charge on any atom is -0.350 e. The second kappa shape index (κ2) is 9.31. The van der Waals surface area contributed by atoms with E-state index in [1.165, 1.54) is 0 Å². The summed E-state index contributed by atoms with van der Waals surface area (Å²) in [5.74, 6) is -0.521. The number of thiocarbonyl (C=S) groups is 1. The van der Waals surface area contributed by atoms with Crippen LogP contribution in [-0.4, -0.2) is 23.0 Å². The summed E-state index contributed by atoms with van der Waals surface area (Å²) in [5, 5.41) is 9.00. The van der Waals surface area contributed by atoms with E-state index in [1.54, 1.807) is 48.5 Å². The Labute approximate surface area is 163 Å². The SMILES string of the molecule is CCC(C)NC(=O)c1cccc(NC(=S)NC(=O)c2cccc(Cl)c2)c1. The number of nitrogens with one attached hydrogen (secondary N) is 3. The first-order chi connectivity index (χ1) is 12.4. The van der Waals surface area contributed by atoms with E-state index >= 15 is 0 Å². The molecule has 136 valence electrons. The second-order valence-corrected chi connectivity index (χ2v) is 6.63. The Morgan fingerprint density at radius 3 is 2.38 bits per heavy atom. The predicted molar refractivity (Wildman–Crippen MR) is 109 cm³/mol. The molecule has 7 heteroatoms. The minimum atomic E-state index is -0.365. The predicted octanol–water partition coefficient (Wildman–Crippen LogP) is 4.00. The van der Waals surface area contributed by atoms with E-state index < -0.39 is 0 Å². The van der Waals surface area contributed by atoms with Gasteiger partial charge in [0, 0.05) is 27.9 Å². The molecule has 0 spiro atoms. The Bertz CT molecular complexity index is 826. The van der Waals surface area contributed by atoms with E-state index in [4.69, 9.17) is 23.8 Å². The largest absolute Gasteiger partial charge is 0.350 e. The molecular formula is C19H20ClN3O2S. The zero-order valence-corrected chi connectivity index (χ0v) is 16.1. The number of benzene rings is 2. The Morgan fingerprint density at radius 2 is 1.73 bits per heavy atom. The van der Waals surface area contributed by atoms with Gasteiger partial charge in [-0.2, -0.15) is 0 Å². The molecule has 0 aliphatic carbocycles. The average molecular weight is 390 g/mol. The molecular weight excluding hydrogens is 370 g/mol. The van der Waals surface area contributed by atoms with Crippen LogP contribution in [0.2, 0.25) is 5.02 Å². The van der Waals surface area contributed by atoms with Crippen molar-refractivity contribution in [3.05, 3.63) is 64.7 Å².